The van der Waals surface area contributed by atoms with Gasteiger partial charge in [0, 0.05) is 6.20 Å². The molecule has 3 aromatic rings. The number of benzene rings is 1. The van der Waals surface area contributed by atoms with E-state index in [1.165, 1.54) is 6.33 Å². The Bertz CT molecular complexity index is 739. The van der Waals surface area contributed by atoms with Crippen LogP contribution in [0.4, 0.5) is 0 Å². The average Bonchev–Trinajstić information content (AvgIpc) is 2.91. The Hall–Kier alpha value is -1.85. The predicted octanol–water partition coefficient (Wildman–Crippen LogP) is 3.57. The Balaban J connectivity index is 1.97. The van der Waals surface area contributed by atoms with E-state index in [1.54, 1.807) is 28.9 Å². The van der Waals surface area contributed by atoms with E-state index in [4.69, 9.17) is 27.9 Å². The molecule has 0 saturated heterocycles. The van der Waals surface area contributed by atoms with Crippen LogP contribution in [0.3, 0.4) is 0 Å². The Kier molecular flexibility index (Phi) is 3.46. The van der Waals surface area contributed by atoms with Gasteiger partial charge in [0.05, 0.1) is 15.7 Å². The summed E-state index contributed by atoms with van der Waals surface area (Å²) in [5.41, 5.74) is 0.809. The molecule has 102 valence electrons. The largest absolute Gasteiger partial charge is 0.481 e. The lowest BCUT2D eigenvalue weighted by Crippen LogP contribution is -2.10. The molecule has 1 aromatic carbocycles. The molecule has 0 unspecified atom stereocenters. The SMILES string of the molecule is C[C@H](Oc1c(Cl)cccc1Cl)c1ccnc2ncnn12. The first kappa shape index (κ1) is 13.1. The molecule has 0 aliphatic carbocycles. The van der Waals surface area contributed by atoms with Crippen molar-refractivity contribution in [3.63, 3.8) is 0 Å². The van der Waals surface area contributed by atoms with Gasteiger partial charge in [-0.1, -0.05) is 29.3 Å². The van der Waals surface area contributed by atoms with Crippen molar-refractivity contribution < 1.29 is 4.74 Å². The topological polar surface area (TPSA) is 52.3 Å². The molecule has 5 nitrogen and oxygen atoms in total. The summed E-state index contributed by atoms with van der Waals surface area (Å²) in [5.74, 6) is 0.969. The molecule has 0 saturated carbocycles. The van der Waals surface area contributed by atoms with Crippen molar-refractivity contribution in [2.45, 2.75) is 13.0 Å². The number of hydrogen-bond donors (Lipinski definition) is 0. The third kappa shape index (κ3) is 2.30. The van der Waals surface area contributed by atoms with Gasteiger partial charge in [0.15, 0.2) is 5.75 Å². The lowest BCUT2D eigenvalue weighted by molar-refractivity contribution is 0.219. The van der Waals surface area contributed by atoms with Crippen LogP contribution in [-0.2, 0) is 0 Å². The second-order valence-corrected chi connectivity index (χ2v) is 4.97. The molecule has 0 radical (unpaired) electrons. The highest BCUT2D eigenvalue weighted by Crippen LogP contribution is 2.35. The van der Waals surface area contributed by atoms with Gasteiger partial charge in [-0.3, -0.25) is 0 Å². The highest BCUT2D eigenvalue weighted by atomic mass is 35.5. The third-order valence-electron chi connectivity index (χ3n) is 2.84. The van der Waals surface area contributed by atoms with Gasteiger partial charge >= 0.3 is 0 Å². The van der Waals surface area contributed by atoms with Gasteiger partial charge in [0.25, 0.3) is 5.78 Å². The quantitative estimate of drug-likeness (QED) is 0.742. The second-order valence-electron chi connectivity index (χ2n) is 4.15. The summed E-state index contributed by atoms with van der Waals surface area (Å²) in [6.45, 7) is 1.89. The summed E-state index contributed by atoms with van der Waals surface area (Å²) in [7, 11) is 0. The van der Waals surface area contributed by atoms with E-state index in [0.717, 1.165) is 5.69 Å². The highest BCUT2D eigenvalue weighted by molar-refractivity contribution is 6.37. The van der Waals surface area contributed by atoms with Gasteiger partial charge in [-0.15, -0.1) is 0 Å². The van der Waals surface area contributed by atoms with E-state index >= 15 is 0 Å². The normalized spacial score (nSPS) is 12.6. The Morgan fingerprint density at radius 2 is 1.90 bits per heavy atom. The van der Waals surface area contributed by atoms with Crippen molar-refractivity contribution in [2.24, 2.45) is 0 Å². The monoisotopic (exact) mass is 308 g/mol. The first-order chi connectivity index (χ1) is 9.66. The molecule has 2 heterocycles. The van der Waals surface area contributed by atoms with Crippen LogP contribution in [0.5, 0.6) is 5.75 Å². The van der Waals surface area contributed by atoms with Gasteiger partial charge < -0.3 is 4.74 Å². The average molecular weight is 309 g/mol. The summed E-state index contributed by atoms with van der Waals surface area (Å²) in [4.78, 5) is 8.15. The van der Waals surface area contributed by atoms with Crippen molar-refractivity contribution in [3.8, 4) is 5.75 Å². The van der Waals surface area contributed by atoms with E-state index in [0.29, 0.717) is 21.6 Å². The molecule has 0 bridgehead atoms. The minimum atomic E-state index is -0.306. The zero-order valence-corrected chi connectivity index (χ0v) is 12.0. The lowest BCUT2D eigenvalue weighted by atomic mass is 10.2. The standard InChI is InChI=1S/C13H10Cl2N4O/c1-8(20-12-9(14)3-2-4-10(12)15)11-5-6-16-13-17-7-18-19(11)13/h2-8H,1H3/t8-/m0/s1. The lowest BCUT2D eigenvalue weighted by Gasteiger charge is -2.17. The molecule has 0 aliphatic heterocycles. The van der Waals surface area contributed by atoms with Crippen LogP contribution in [-0.4, -0.2) is 19.6 Å². The Morgan fingerprint density at radius 1 is 1.15 bits per heavy atom. The molecule has 0 N–H and O–H groups in total. The van der Waals surface area contributed by atoms with Crippen molar-refractivity contribution >= 4 is 29.0 Å². The van der Waals surface area contributed by atoms with Crippen LogP contribution in [0, 0.1) is 0 Å². The summed E-state index contributed by atoms with van der Waals surface area (Å²) >= 11 is 12.2. The molecule has 3 rings (SSSR count). The van der Waals surface area contributed by atoms with Crippen molar-refractivity contribution in [1.82, 2.24) is 19.6 Å². The zero-order chi connectivity index (χ0) is 14.1. The van der Waals surface area contributed by atoms with Crippen LogP contribution < -0.4 is 4.74 Å². The van der Waals surface area contributed by atoms with Crippen LogP contribution in [0.15, 0.2) is 36.8 Å². The molecule has 0 spiro atoms. The minimum Gasteiger partial charge on any atom is -0.481 e. The van der Waals surface area contributed by atoms with E-state index in [9.17, 15) is 0 Å². The van der Waals surface area contributed by atoms with Gasteiger partial charge in [-0.2, -0.15) is 14.6 Å². The fraction of sp³-hybridized carbons (Fsp3) is 0.154. The van der Waals surface area contributed by atoms with E-state index < -0.39 is 0 Å². The number of para-hydroxylation sites is 1. The highest BCUT2D eigenvalue weighted by Gasteiger charge is 2.16. The molecule has 1 atom stereocenters. The minimum absolute atomic E-state index is 0.306. The fourth-order valence-electron chi connectivity index (χ4n) is 1.90. The second kappa shape index (κ2) is 5.26. The van der Waals surface area contributed by atoms with Gasteiger partial charge in [-0.25, -0.2) is 4.98 Å². The number of halogens is 2. The smallest absolute Gasteiger partial charge is 0.252 e. The van der Waals surface area contributed by atoms with Crippen LogP contribution in [0.25, 0.3) is 5.78 Å². The van der Waals surface area contributed by atoms with Crippen LogP contribution in [0.1, 0.15) is 18.7 Å². The Labute approximate surface area is 125 Å². The fourth-order valence-corrected chi connectivity index (χ4v) is 2.38. The first-order valence-corrected chi connectivity index (χ1v) is 6.67. The zero-order valence-electron chi connectivity index (χ0n) is 10.5. The van der Waals surface area contributed by atoms with Crippen molar-refractivity contribution in [3.05, 3.63) is 52.5 Å². The predicted molar refractivity (Wildman–Crippen MR) is 76.3 cm³/mol. The van der Waals surface area contributed by atoms with E-state index in [2.05, 4.69) is 15.1 Å². The molecule has 0 amide bonds. The summed E-state index contributed by atoms with van der Waals surface area (Å²) in [5, 5.41) is 5.06. The third-order valence-corrected chi connectivity index (χ3v) is 3.43. The van der Waals surface area contributed by atoms with Gasteiger partial charge in [0.1, 0.15) is 12.4 Å². The van der Waals surface area contributed by atoms with Crippen LogP contribution >= 0.6 is 23.2 Å². The number of rotatable bonds is 3. The molecule has 2 aromatic heterocycles. The van der Waals surface area contributed by atoms with Crippen LogP contribution in [0.2, 0.25) is 10.0 Å². The maximum Gasteiger partial charge on any atom is 0.252 e. The molecule has 0 fully saturated rings. The summed E-state index contributed by atoms with van der Waals surface area (Å²) < 4.78 is 7.48. The number of nitrogens with zero attached hydrogens (tertiary/aromatic N) is 4. The Morgan fingerprint density at radius 3 is 2.65 bits per heavy atom. The summed E-state index contributed by atoms with van der Waals surface area (Å²) in [6.07, 6.45) is 2.80. The number of fused-ring (bicyclic) bond motifs is 1. The van der Waals surface area contributed by atoms with Gasteiger partial charge in [0.2, 0.25) is 0 Å². The molecular formula is C13H10Cl2N4O. The molecule has 7 heteroatoms. The van der Waals surface area contributed by atoms with Crippen molar-refractivity contribution in [2.75, 3.05) is 0 Å². The summed E-state index contributed by atoms with van der Waals surface area (Å²) in [6, 6.07) is 7.04. The maximum absolute atomic E-state index is 6.10. The molecule has 20 heavy (non-hydrogen) atoms. The van der Waals surface area contributed by atoms with E-state index in [-0.39, 0.29) is 6.10 Å². The maximum atomic E-state index is 6.10. The van der Waals surface area contributed by atoms with Crippen molar-refractivity contribution in [1.29, 1.82) is 0 Å². The number of ether oxygens (including phenoxy) is 1. The van der Waals surface area contributed by atoms with E-state index in [1.807, 2.05) is 13.0 Å². The first-order valence-electron chi connectivity index (χ1n) is 5.92. The number of hydrogen-bond acceptors (Lipinski definition) is 4. The molecular weight excluding hydrogens is 299 g/mol. The van der Waals surface area contributed by atoms with Gasteiger partial charge in [-0.05, 0) is 25.1 Å². The number of aromatic nitrogens is 4. The molecule has 0 aliphatic rings.